The number of anilines is 1. The molecule has 1 aliphatic heterocycles. The molecule has 2 aromatic carbocycles. The highest BCUT2D eigenvalue weighted by Gasteiger charge is 2.20. The van der Waals surface area contributed by atoms with Crippen LogP contribution in [0.15, 0.2) is 48.7 Å². The molecule has 0 aliphatic carbocycles. The summed E-state index contributed by atoms with van der Waals surface area (Å²) >= 11 is 0. The lowest BCUT2D eigenvalue weighted by Gasteiger charge is -2.10. The average molecular weight is 409 g/mol. The van der Waals surface area contributed by atoms with Crippen LogP contribution in [0.4, 0.5) is 11.4 Å². The summed E-state index contributed by atoms with van der Waals surface area (Å²) < 4.78 is 12.9. The molecule has 10 heteroatoms. The normalized spacial score (nSPS) is 12.7. The van der Waals surface area contributed by atoms with E-state index in [-0.39, 0.29) is 11.4 Å². The lowest BCUT2D eigenvalue weighted by molar-refractivity contribution is -0.384. The van der Waals surface area contributed by atoms with E-state index in [9.17, 15) is 14.9 Å². The third kappa shape index (κ3) is 3.88. The first kappa shape index (κ1) is 19.2. The van der Waals surface area contributed by atoms with Crippen LogP contribution in [0.25, 0.3) is 11.3 Å². The Balaban J connectivity index is 1.59. The van der Waals surface area contributed by atoms with Crippen molar-refractivity contribution < 1.29 is 19.2 Å². The Labute approximate surface area is 171 Å². The second-order valence-electron chi connectivity index (χ2n) is 6.63. The summed E-state index contributed by atoms with van der Waals surface area (Å²) in [6.45, 7) is 1.13. The summed E-state index contributed by atoms with van der Waals surface area (Å²) in [6, 6.07) is 11.4. The number of nitro benzene ring substituents is 1. The highest BCUT2D eigenvalue weighted by Crippen LogP contribution is 2.34. The molecule has 0 saturated heterocycles. The lowest BCUT2D eigenvalue weighted by Crippen LogP contribution is -2.29. The van der Waals surface area contributed by atoms with E-state index in [4.69, 9.17) is 9.47 Å². The number of aryl methyl sites for hydroxylation is 1. The molecule has 0 atom stereocenters. The van der Waals surface area contributed by atoms with Crippen LogP contribution in [0.2, 0.25) is 0 Å². The molecule has 0 bridgehead atoms. The van der Waals surface area contributed by atoms with E-state index < -0.39 is 10.8 Å². The van der Waals surface area contributed by atoms with Crippen molar-refractivity contribution in [2.45, 2.75) is 6.42 Å². The SMILES string of the molecule is Cn1cc(C(=O)NNc2ccccc2[N+](=O)[O-])c(-c2ccc3c(c2)OCCCO3)n1. The summed E-state index contributed by atoms with van der Waals surface area (Å²) in [5, 5.41) is 15.5. The zero-order chi connectivity index (χ0) is 21.1. The summed E-state index contributed by atoms with van der Waals surface area (Å²) in [4.78, 5) is 23.4. The molecule has 0 unspecified atom stereocenters. The van der Waals surface area contributed by atoms with Crippen molar-refractivity contribution in [1.29, 1.82) is 0 Å². The molecule has 3 aromatic rings. The molecule has 1 aliphatic rings. The van der Waals surface area contributed by atoms with Gasteiger partial charge in [-0.2, -0.15) is 5.10 Å². The zero-order valence-electron chi connectivity index (χ0n) is 16.1. The fraction of sp³-hybridized carbons (Fsp3) is 0.200. The number of hydrogen-bond donors (Lipinski definition) is 2. The molecule has 1 amide bonds. The molecule has 0 saturated carbocycles. The molecular formula is C20H19N5O5. The molecule has 0 fully saturated rings. The number of amides is 1. The molecular weight excluding hydrogens is 390 g/mol. The second-order valence-corrected chi connectivity index (χ2v) is 6.63. The standard InChI is InChI=1S/C20H19N5O5/c1-24-12-14(20(26)22-21-15-5-2-3-6-16(15)25(27)28)19(23-24)13-7-8-17-18(11-13)30-10-4-9-29-17/h2-3,5-8,11-12,21H,4,9-10H2,1H3,(H,22,26). The number of carbonyl (C=O) groups is 1. The molecule has 154 valence electrons. The van der Waals surface area contributed by atoms with Crippen molar-refractivity contribution in [3.05, 3.63) is 64.3 Å². The Morgan fingerprint density at radius 1 is 1.17 bits per heavy atom. The number of hydrazine groups is 1. The topological polar surface area (TPSA) is 121 Å². The third-order valence-electron chi connectivity index (χ3n) is 4.51. The van der Waals surface area contributed by atoms with E-state index in [1.165, 1.54) is 16.8 Å². The molecule has 4 rings (SSSR count). The number of aromatic nitrogens is 2. The number of hydrogen-bond acceptors (Lipinski definition) is 7. The fourth-order valence-electron chi connectivity index (χ4n) is 3.11. The average Bonchev–Trinajstić information content (AvgIpc) is 2.99. The minimum Gasteiger partial charge on any atom is -0.490 e. The van der Waals surface area contributed by atoms with Gasteiger partial charge in [0, 0.05) is 31.3 Å². The van der Waals surface area contributed by atoms with Gasteiger partial charge in [0.15, 0.2) is 11.5 Å². The van der Waals surface area contributed by atoms with Gasteiger partial charge in [0.25, 0.3) is 11.6 Å². The number of ether oxygens (including phenoxy) is 2. The monoisotopic (exact) mass is 409 g/mol. The van der Waals surface area contributed by atoms with E-state index >= 15 is 0 Å². The van der Waals surface area contributed by atoms with Crippen molar-refractivity contribution in [3.8, 4) is 22.8 Å². The van der Waals surface area contributed by atoms with Gasteiger partial charge in [0.05, 0.1) is 23.7 Å². The maximum absolute atomic E-state index is 12.8. The van der Waals surface area contributed by atoms with E-state index in [1.807, 2.05) is 6.07 Å². The van der Waals surface area contributed by atoms with Crippen molar-refractivity contribution in [2.75, 3.05) is 18.6 Å². The minimum atomic E-state index is -0.526. The van der Waals surface area contributed by atoms with Gasteiger partial charge >= 0.3 is 0 Å². The van der Waals surface area contributed by atoms with Gasteiger partial charge in [-0.15, -0.1) is 0 Å². The Kier molecular flexibility index (Phi) is 5.21. The Morgan fingerprint density at radius 3 is 2.73 bits per heavy atom. The number of fused-ring (bicyclic) bond motifs is 1. The van der Waals surface area contributed by atoms with Crippen molar-refractivity contribution in [1.82, 2.24) is 15.2 Å². The molecule has 0 radical (unpaired) electrons. The number of nitrogens with one attached hydrogen (secondary N) is 2. The van der Waals surface area contributed by atoms with E-state index in [2.05, 4.69) is 16.0 Å². The Bertz CT molecular complexity index is 1110. The van der Waals surface area contributed by atoms with Crippen LogP contribution in [0.5, 0.6) is 11.5 Å². The van der Waals surface area contributed by atoms with E-state index in [1.54, 1.807) is 37.5 Å². The summed E-state index contributed by atoms with van der Waals surface area (Å²) in [7, 11) is 1.71. The van der Waals surface area contributed by atoms with Gasteiger partial charge in [-0.05, 0) is 24.3 Å². The largest absolute Gasteiger partial charge is 0.490 e. The van der Waals surface area contributed by atoms with Gasteiger partial charge < -0.3 is 9.47 Å². The van der Waals surface area contributed by atoms with Gasteiger partial charge in [-0.3, -0.25) is 30.4 Å². The van der Waals surface area contributed by atoms with E-state index in [0.717, 1.165) is 6.42 Å². The first-order valence-electron chi connectivity index (χ1n) is 9.26. The van der Waals surface area contributed by atoms with Gasteiger partial charge in [0.1, 0.15) is 11.4 Å². The highest BCUT2D eigenvalue weighted by molar-refractivity contribution is 6.00. The van der Waals surface area contributed by atoms with Crippen LogP contribution in [-0.4, -0.2) is 33.8 Å². The van der Waals surface area contributed by atoms with Gasteiger partial charge in [-0.1, -0.05) is 12.1 Å². The summed E-state index contributed by atoms with van der Waals surface area (Å²) in [6.07, 6.45) is 2.37. The van der Waals surface area contributed by atoms with Crippen LogP contribution >= 0.6 is 0 Å². The molecule has 30 heavy (non-hydrogen) atoms. The van der Waals surface area contributed by atoms with E-state index in [0.29, 0.717) is 41.5 Å². The predicted octanol–water partition coefficient (Wildman–Crippen LogP) is 2.91. The molecule has 2 N–H and O–H groups in total. The number of rotatable bonds is 5. The van der Waals surface area contributed by atoms with Crippen molar-refractivity contribution in [2.24, 2.45) is 7.05 Å². The van der Waals surface area contributed by atoms with Crippen LogP contribution in [0.3, 0.4) is 0 Å². The predicted molar refractivity (Wildman–Crippen MR) is 108 cm³/mol. The summed E-state index contributed by atoms with van der Waals surface area (Å²) in [5.74, 6) is 0.764. The van der Waals surface area contributed by atoms with Crippen molar-refractivity contribution in [3.63, 3.8) is 0 Å². The van der Waals surface area contributed by atoms with Crippen LogP contribution in [0, 0.1) is 10.1 Å². The minimum absolute atomic E-state index is 0.146. The smallest absolute Gasteiger partial charge is 0.294 e. The number of nitro groups is 1. The number of carbonyl (C=O) groups excluding carboxylic acids is 1. The van der Waals surface area contributed by atoms with Crippen molar-refractivity contribution >= 4 is 17.3 Å². The van der Waals surface area contributed by atoms with Crippen LogP contribution in [-0.2, 0) is 7.05 Å². The second kappa shape index (κ2) is 8.11. The van der Waals surface area contributed by atoms with Crippen LogP contribution in [0.1, 0.15) is 16.8 Å². The Hall–Kier alpha value is -4.08. The molecule has 2 heterocycles. The highest BCUT2D eigenvalue weighted by atomic mass is 16.6. The first-order chi connectivity index (χ1) is 14.5. The molecule has 1 aromatic heterocycles. The van der Waals surface area contributed by atoms with Gasteiger partial charge in [0.2, 0.25) is 0 Å². The first-order valence-corrected chi connectivity index (χ1v) is 9.26. The maximum Gasteiger partial charge on any atom is 0.294 e. The number of benzene rings is 2. The lowest BCUT2D eigenvalue weighted by atomic mass is 10.1. The van der Waals surface area contributed by atoms with Crippen LogP contribution < -0.4 is 20.3 Å². The zero-order valence-corrected chi connectivity index (χ0v) is 16.1. The number of para-hydroxylation sites is 2. The molecule has 0 spiro atoms. The summed E-state index contributed by atoms with van der Waals surface area (Å²) in [5.41, 5.74) is 6.60. The quantitative estimate of drug-likeness (QED) is 0.491. The number of nitrogens with zero attached hydrogens (tertiary/aromatic N) is 3. The third-order valence-corrected chi connectivity index (χ3v) is 4.51. The fourth-order valence-corrected chi connectivity index (χ4v) is 3.11. The van der Waals surface area contributed by atoms with Gasteiger partial charge in [-0.25, -0.2) is 0 Å². The molecule has 10 nitrogen and oxygen atoms in total. The Morgan fingerprint density at radius 2 is 1.93 bits per heavy atom. The maximum atomic E-state index is 12.8.